The number of benzene rings is 2. The highest BCUT2D eigenvalue weighted by atomic mass is 19.1. The molecule has 1 atom stereocenters. The van der Waals surface area contributed by atoms with Crippen molar-refractivity contribution in [2.75, 3.05) is 0 Å². The van der Waals surface area contributed by atoms with Gasteiger partial charge in [0.2, 0.25) is 0 Å². The van der Waals surface area contributed by atoms with E-state index < -0.39 is 6.10 Å². The second-order valence-corrected chi connectivity index (χ2v) is 5.07. The molecule has 1 amide bonds. The Morgan fingerprint density at radius 1 is 1.18 bits per heavy atom. The van der Waals surface area contributed by atoms with Crippen molar-refractivity contribution in [2.24, 2.45) is 0 Å². The maximum atomic E-state index is 12.8. The number of ether oxygens (including phenoxy) is 1. The molecule has 0 heterocycles. The summed E-state index contributed by atoms with van der Waals surface area (Å²) in [6, 6.07) is 13.7. The summed E-state index contributed by atoms with van der Waals surface area (Å²) in [5, 5.41) is 2.79. The number of hydrogen-bond donors (Lipinski definition) is 1. The van der Waals surface area contributed by atoms with Crippen LogP contribution in [0.5, 0.6) is 5.75 Å². The van der Waals surface area contributed by atoms with Crippen molar-refractivity contribution in [1.29, 1.82) is 0 Å². The lowest BCUT2D eigenvalue weighted by Crippen LogP contribution is -2.36. The van der Waals surface area contributed by atoms with Crippen LogP contribution in [-0.4, -0.2) is 12.0 Å². The highest BCUT2D eigenvalue weighted by Gasteiger charge is 2.15. The molecule has 2 aromatic carbocycles. The summed E-state index contributed by atoms with van der Waals surface area (Å²) in [7, 11) is 0. The minimum absolute atomic E-state index is 0.199. The molecular weight excluding hydrogens is 281 g/mol. The van der Waals surface area contributed by atoms with Crippen molar-refractivity contribution >= 4 is 5.91 Å². The van der Waals surface area contributed by atoms with Gasteiger partial charge in [-0.2, -0.15) is 0 Å². The molecule has 0 spiro atoms. The second-order valence-electron chi connectivity index (χ2n) is 5.07. The first kappa shape index (κ1) is 16.0. The highest BCUT2D eigenvalue weighted by Crippen LogP contribution is 2.19. The van der Waals surface area contributed by atoms with E-state index in [0.717, 1.165) is 23.3 Å². The number of aryl methyl sites for hydroxylation is 1. The average molecular weight is 301 g/mol. The number of carbonyl (C=O) groups is 1. The minimum atomic E-state index is -0.590. The van der Waals surface area contributed by atoms with Crippen LogP contribution in [0.3, 0.4) is 0 Å². The van der Waals surface area contributed by atoms with Gasteiger partial charge in [-0.05, 0) is 42.7 Å². The second kappa shape index (κ2) is 7.59. The Kier molecular flexibility index (Phi) is 5.53. The van der Waals surface area contributed by atoms with E-state index in [1.165, 1.54) is 12.1 Å². The Bertz CT molecular complexity index is 625. The lowest BCUT2D eigenvalue weighted by Gasteiger charge is -2.17. The van der Waals surface area contributed by atoms with E-state index in [1.54, 1.807) is 19.1 Å². The van der Waals surface area contributed by atoms with Gasteiger partial charge in [-0.15, -0.1) is 0 Å². The van der Waals surface area contributed by atoms with Gasteiger partial charge in [-0.3, -0.25) is 4.79 Å². The van der Waals surface area contributed by atoms with Gasteiger partial charge in [0.1, 0.15) is 11.6 Å². The molecule has 0 saturated heterocycles. The summed E-state index contributed by atoms with van der Waals surface area (Å²) in [6.45, 7) is 4.11. The third kappa shape index (κ3) is 4.32. The van der Waals surface area contributed by atoms with Gasteiger partial charge < -0.3 is 10.1 Å². The molecule has 0 bridgehead atoms. The van der Waals surface area contributed by atoms with Crippen LogP contribution in [0.1, 0.15) is 25.0 Å². The Balaban J connectivity index is 1.90. The molecule has 2 rings (SSSR count). The van der Waals surface area contributed by atoms with Gasteiger partial charge in [0.25, 0.3) is 5.91 Å². The fourth-order valence-corrected chi connectivity index (χ4v) is 2.09. The largest absolute Gasteiger partial charge is 0.481 e. The zero-order valence-corrected chi connectivity index (χ0v) is 12.8. The van der Waals surface area contributed by atoms with E-state index in [-0.39, 0.29) is 11.7 Å². The highest BCUT2D eigenvalue weighted by molar-refractivity contribution is 5.80. The molecule has 3 nitrogen and oxygen atoms in total. The molecule has 0 unspecified atom stereocenters. The first-order valence-electron chi connectivity index (χ1n) is 7.37. The van der Waals surface area contributed by atoms with Crippen LogP contribution >= 0.6 is 0 Å². The molecule has 22 heavy (non-hydrogen) atoms. The Labute approximate surface area is 130 Å². The van der Waals surface area contributed by atoms with Crippen LogP contribution < -0.4 is 10.1 Å². The van der Waals surface area contributed by atoms with Gasteiger partial charge in [0.05, 0.1) is 0 Å². The van der Waals surface area contributed by atoms with Gasteiger partial charge in [-0.1, -0.05) is 37.3 Å². The minimum Gasteiger partial charge on any atom is -0.481 e. The number of para-hydroxylation sites is 1. The van der Waals surface area contributed by atoms with Crippen molar-refractivity contribution < 1.29 is 13.9 Å². The summed E-state index contributed by atoms with van der Waals surface area (Å²) in [5.41, 5.74) is 1.91. The fourth-order valence-electron chi connectivity index (χ4n) is 2.09. The molecule has 1 N–H and O–H groups in total. The molecule has 0 aliphatic carbocycles. The summed E-state index contributed by atoms with van der Waals surface area (Å²) in [4.78, 5) is 12.1. The van der Waals surface area contributed by atoms with Crippen LogP contribution in [0.4, 0.5) is 4.39 Å². The van der Waals surface area contributed by atoms with E-state index in [9.17, 15) is 9.18 Å². The molecule has 4 heteroatoms. The van der Waals surface area contributed by atoms with E-state index in [4.69, 9.17) is 4.74 Å². The lowest BCUT2D eigenvalue weighted by atomic mass is 10.1. The zero-order valence-electron chi connectivity index (χ0n) is 12.8. The summed E-state index contributed by atoms with van der Waals surface area (Å²) in [5.74, 6) is 0.243. The third-order valence-electron chi connectivity index (χ3n) is 3.41. The Morgan fingerprint density at radius 3 is 2.55 bits per heavy atom. The van der Waals surface area contributed by atoms with Crippen LogP contribution in [0.15, 0.2) is 48.5 Å². The van der Waals surface area contributed by atoms with E-state index in [1.807, 2.05) is 31.2 Å². The van der Waals surface area contributed by atoms with E-state index in [2.05, 4.69) is 5.32 Å². The predicted octanol–water partition coefficient (Wildman–Crippen LogP) is 3.47. The topological polar surface area (TPSA) is 38.3 Å². The number of amides is 1. The summed E-state index contributed by atoms with van der Waals surface area (Å²) >= 11 is 0. The number of halogens is 1. The van der Waals surface area contributed by atoms with E-state index in [0.29, 0.717) is 6.54 Å². The van der Waals surface area contributed by atoms with Gasteiger partial charge >= 0.3 is 0 Å². The SMILES string of the molecule is CCc1ccccc1O[C@H](C)C(=O)NCc1ccc(F)cc1. The number of hydrogen-bond acceptors (Lipinski definition) is 2. The molecule has 0 fully saturated rings. The molecule has 0 aliphatic rings. The molecule has 0 saturated carbocycles. The lowest BCUT2D eigenvalue weighted by molar-refractivity contribution is -0.127. The average Bonchev–Trinajstić information content (AvgIpc) is 2.54. The number of rotatable bonds is 6. The smallest absolute Gasteiger partial charge is 0.261 e. The molecule has 0 radical (unpaired) electrons. The third-order valence-corrected chi connectivity index (χ3v) is 3.41. The van der Waals surface area contributed by atoms with Crippen molar-refractivity contribution in [3.8, 4) is 5.75 Å². The summed E-state index contributed by atoms with van der Waals surface area (Å²) in [6.07, 6.45) is 0.258. The zero-order chi connectivity index (χ0) is 15.9. The van der Waals surface area contributed by atoms with Gasteiger partial charge in [0.15, 0.2) is 6.10 Å². The first-order valence-corrected chi connectivity index (χ1v) is 7.37. The Hall–Kier alpha value is -2.36. The predicted molar refractivity (Wildman–Crippen MR) is 84.2 cm³/mol. The van der Waals surface area contributed by atoms with Crippen molar-refractivity contribution in [3.05, 3.63) is 65.5 Å². The first-order chi connectivity index (χ1) is 10.6. The maximum Gasteiger partial charge on any atom is 0.261 e. The normalized spacial score (nSPS) is 11.8. The van der Waals surface area contributed by atoms with E-state index >= 15 is 0 Å². The van der Waals surface area contributed by atoms with Gasteiger partial charge in [0, 0.05) is 6.54 Å². The fraction of sp³-hybridized carbons (Fsp3) is 0.278. The Morgan fingerprint density at radius 2 is 1.86 bits per heavy atom. The van der Waals surface area contributed by atoms with Crippen molar-refractivity contribution in [3.63, 3.8) is 0 Å². The monoisotopic (exact) mass is 301 g/mol. The molecule has 0 aromatic heterocycles. The number of carbonyl (C=O) groups excluding carboxylic acids is 1. The summed E-state index contributed by atoms with van der Waals surface area (Å²) < 4.78 is 18.6. The van der Waals surface area contributed by atoms with Gasteiger partial charge in [-0.25, -0.2) is 4.39 Å². The van der Waals surface area contributed by atoms with Crippen LogP contribution in [-0.2, 0) is 17.8 Å². The molecule has 2 aromatic rings. The van der Waals surface area contributed by atoms with Crippen LogP contribution in [0, 0.1) is 5.82 Å². The molecular formula is C18H20FNO2. The number of nitrogens with one attached hydrogen (secondary N) is 1. The van der Waals surface area contributed by atoms with Crippen molar-refractivity contribution in [2.45, 2.75) is 32.9 Å². The van der Waals surface area contributed by atoms with Crippen LogP contribution in [0.2, 0.25) is 0 Å². The quantitative estimate of drug-likeness (QED) is 0.887. The van der Waals surface area contributed by atoms with Crippen LogP contribution in [0.25, 0.3) is 0 Å². The maximum absolute atomic E-state index is 12.8. The van der Waals surface area contributed by atoms with Crippen molar-refractivity contribution in [1.82, 2.24) is 5.32 Å². The molecule has 0 aliphatic heterocycles. The molecule has 116 valence electrons. The standard InChI is InChI=1S/C18H20FNO2/c1-3-15-6-4-5-7-17(15)22-13(2)18(21)20-12-14-8-10-16(19)11-9-14/h4-11,13H,3,12H2,1-2H3,(H,20,21)/t13-/m1/s1.